The predicted octanol–water partition coefficient (Wildman–Crippen LogP) is 1.82. The van der Waals surface area contributed by atoms with Crippen LogP contribution >= 0.6 is 0 Å². The summed E-state index contributed by atoms with van der Waals surface area (Å²) in [6.07, 6.45) is 1.16. The average molecular weight is 239 g/mol. The van der Waals surface area contributed by atoms with Crippen molar-refractivity contribution in [1.29, 1.82) is 0 Å². The molecule has 4 heteroatoms. The summed E-state index contributed by atoms with van der Waals surface area (Å²) in [7, 11) is 0. The van der Waals surface area contributed by atoms with E-state index in [0.29, 0.717) is 25.0 Å². The van der Waals surface area contributed by atoms with Gasteiger partial charge in [0.2, 0.25) is 5.91 Å². The number of amides is 1. The highest BCUT2D eigenvalue weighted by atomic mass is 16.4. The fraction of sp³-hybridized carbons (Fsp3) is 0.692. The lowest BCUT2D eigenvalue weighted by Crippen LogP contribution is -2.43. The van der Waals surface area contributed by atoms with Gasteiger partial charge in [0.15, 0.2) is 0 Å². The number of carboxylic acid groups (broad SMARTS) is 1. The molecular weight excluding hydrogens is 218 g/mol. The molecule has 1 rings (SSSR count). The van der Waals surface area contributed by atoms with Gasteiger partial charge in [-0.3, -0.25) is 9.59 Å². The van der Waals surface area contributed by atoms with E-state index in [1.54, 1.807) is 6.92 Å². The van der Waals surface area contributed by atoms with Gasteiger partial charge in [-0.15, -0.1) is 0 Å². The van der Waals surface area contributed by atoms with Crippen molar-refractivity contribution in [1.82, 2.24) is 5.32 Å². The first-order chi connectivity index (χ1) is 7.81. The molecule has 0 aromatic carbocycles. The summed E-state index contributed by atoms with van der Waals surface area (Å²) in [6.45, 7) is 10.0. The number of hydrogen-bond acceptors (Lipinski definition) is 2. The summed E-state index contributed by atoms with van der Waals surface area (Å²) < 4.78 is 0. The van der Waals surface area contributed by atoms with Gasteiger partial charge in [0.1, 0.15) is 0 Å². The van der Waals surface area contributed by atoms with E-state index >= 15 is 0 Å². The van der Waals surface area contributed by atoms with Crippen molar-refractivity contribution >= 4 is 11.9 Å². The smallest absolute Gasteiger partial charge is 0.311 e. The van der Waals surface area contributed by atoms with E-state index in [1.807, 2.05) is 13.8 Å². The Balaban J connectivity index is 3.16. The molecule has 1 fully saturated rings. The van der Waals surface area contributed by atoms with Crippen molar-refractivity contribution in [2.24, 2.45) is 17.3 Å². The first-order valence-corrected chi connectivity index (χ1v) is 5.98. The van der Waals surface area contributed by atoms with Crippen LogP contribution in [0.15, 0.2) is 12.2 Å². The molecular formula is C13H21NO3. The maximum Gasteiger partial charge on any atom is 0.311 e. The third kappa shape index (κ3) is 2.51. The number of hydrogen-bond donors (Lipinski definition) is 2. The van der Waals surface area contributed by atoms with Crippen LogP contribution in [-0.4, -0.2) is 23.5 Å². The zero-order valence-electron chi connectivity index (χ0n) is 10.7. The van der Waals surface area contributed by atoms with E-state index in [-0.39, 0.29) is 11.8 Å². The van der Waals surface area contributed by atoms with Crippen molar-refractivity contribution in [3.05, 3.63) is 12.2 Å². The van der Waals surface area contributed by atoms with E-state index in [2.05, 4.69) is 11.9 Å². The topological polar surface area (TPSA) is 66.4 Å². The number of carbonyl (C=O) groups excluding carboxylic acids is 1. The van der Waals surface area contributed by atoms with Crippen molar-refractivity contribution in [3.63, 3.8) is 0 Å². The number of carbonyl (C=O) groups is 2. The summed E-state index contributed by atoms with van der Waals surface area (Å²) in [4.78, 5) is 23.5. The fourth-order valence-electron chi connectivity index (χ4n) is 2.92. The SMILES string of the molecule is C=C(C)C(C(=O)O)C1(CC(C)C)CCNC1=O. The second-order valence-electron chi connectivity index (χ2n) is 5.38. The maximum absolute atomic E-state index is 12.1. The Morgan fingerprint density at radius 3 is 2.47 bits per heavy atom. The van der Waals surface area contributed by atoms with Gasteiger partial charge in [-0.25, -0.2) is 0 Å². The third-order valence-electron chi connectivity index (χ3n) is 3.37. The summed E-state index contributed by atoms with van der Waals surface area (Å²) in [5.74, 6) is -1.59. The number of aliphatic carboxylic acids is 1. The lowest BCUT2D eigenvalue weighted by molar-refractivity contribution is -0.150. The fourth-order valence-corrected chi connectivity index (χ4v) is 2.92. The zero-order chi connectivity index (χ0) is 13.2. The Labute approximate surface area is 102 Å². The van der Waals surface area contributed by atoms with Crippen molar-refractivity contribution in [2.45, 2.75) is 33.6 Å². The van der Waals surface area contributed by atoms with Gasteiger partial charge >= 0.3 is 5.97 Å². The van der Waals surface area contributed by atoms with E-state index < -0.39 is 17.3 Å². The second-order valence-corrected chi connectivity index (χ2v) is 5.38. The van der Waals surface area contributed by atoms with Crippen molar-refractivity contribution in [2.75, 3.05) is 6.54 Å². The monoisotopic (exact) mass is 239 g/mol. The number of rotatable bonds is 5. The molecule has 1 aliphatic heterocycles. The Kier molecular flexibility index (Phi) is 3.96. The standard InChI is InChI=1S/C13H21NO3/c1-8(2)7-13(5-6-14-12(13)17)10(9(3)4)11(15)16/h8,10H,3,5-7H2,1-2,4H3,(H,14,17)(H,15,16). The molecule has 0 spiro atoms. The molecule has 17 heavy (non-hydrogen) atoms. The molecule has 1 saturated heterocycles. The molecule has 0 aromatic rings. The average Bonchev–Trinajstić information content (AvgIpc) is 2.45. The normalized spacial score (nSPS) is 25.8. The predicted molar refractivity (Wildman–Crippen MR) is 65.5 cm³/mol. The van der Waals surface area contributed by atoms with Crippen LogP contribution < -0.4 is 5.32 Å². The van der Waals surface area contributed by atoms with Crippen LogP contribution in [0.25, 0.3) is 0 Å². The van der Waals surface area contributed by atoms with E-state index in [9.17, 15) is 14.7 Å². The molecule has 1 amide bonds. The van der Waals surface area contributed by atoms with Crippen LogP contribution in [0.4, 0.5) is 0 Å². The molecule has 2 N–H and O–H groups in total. The van der Waals surface area contributed by atoms with Gasteiger partial charge in [-0.05, 0) is 25.7 Å². The molecule has 1 aliphatic rings. The van der Waals surface area contributed by atoms with E-state index in [0.717, 1.165) is 0 Å². The molecule has 0 bridgehead atoms. The highest BCUT2D eigenvalue weighted by Crippen LogP contribution is 2.44. The van der Waals surface area contributed by atoms with E-state index in [1.165, 1.54) is 0 Å². The lowest BCUT2D eigenvalue weighted by atomic mass is 9.67. The summed E-state index contributed by atoms with van der Waals surface area (Å²) in [5.41, 5.74) is -0.263. The summed E-state index contributed by atoms with van der Waals surface area (Å²) in [5, 5.41) is 12.1. The third-order valence-corrected chi connectivity index (χ3v) is 3.37. The quantitative estimate of drug-likeness (QED) is 0.719. The minimum absolute atomic E-state index is 0.137. The highest BCUT2D eigenvalue weighted by molar-refractivity contribution is 5.91. The van der Waals surface area contributed by atoms with Gasteiger partial charge in [-0.1, -0.05) is 26.0 Å². The molecule has 4 nitrogen and oxygen atoms in total. The van der Waals surface area contributed by atoms with Crippen molar-refractivity contribution < 1.29 is 14.7 Å². The van der Waals surface area contributed by atoms with Crippen LogP contribution in [0, 0.1) is 17.3 Å². The first-order valence-electron chi connectivity index (χ1n) is 5.98. The highest BCUT2D eigenvalue weighted by Gasteiger charge is 2.52. The maximum atomic E-state index is 12.1. The molecule has 0 radical (unpaired) electrons. The van der Waals surface area contributed by atoms with E-state index in [4.69, 9.17) is 0 Å². The summed E-state index contributed by atoms with van der Waals surface area (Å²) >= 11 is 0. The van der Waals surface area contributed by atoms with Gasteiger partial charge < -0.3 is 10.4 Å². The molecule has 2 unspecified atom stereocenters. The Morgan fingerprint density at radius 2 is 2.18 bits per heavy atom. The van der Waals surface area contributed by atoms with Gasteiger partial charge in [0.25, 0.3) is 0 Å². The lowest BCUT2D eigenvalue weighted by Gasteiger charge is -2.34. The number of nitrogens with one attached hydrogen (secondary N) is 1. The Hall–Kier alpha value is -1.32. The minimum Gasteiger partial charge on any atom is -0.481 e. The van der Waals surface area contributed by atoms with Crippen LogP contribution in [0.1, 0.15) is 33.6 Å². The Bertz CT molecular complexity index is 335. The first kappa shape index (κ1) is 13.7. The van der Waals surface area contributed by atoms with Crippen LogP contribution in [-0.2, 0) is 9.59 Å². The summed E-state index contributed by atoms with van der Waals surface area (Å²) in [6, 6.07) is 0. The molecule has 1 heterocycles. The molecule has 0 aliphatic carbocycles. The van der Waals surface area contributed by atoms with Crippen LogP contribution in [0.3, 0.4) is 0 Å². The second kappa shape index (κ2) is 4.90. The minimum atomic E-state index is -0.949. The van der Waals surface area contributed by atoms with Crippen molar-refractivity contribution in [3.8, 4) is 0 Å². The molecule has 0 saturated carbocycles. The van der Waals surface area contributed by atoms with Gasteiger partial charge in [-0.2, -0.15) is 0 Å². The molecule has 2 atom stereocenters. The van der Waals surface area contributed by atoms with Gasteiger partial charge in [0, 0.05) is 6.54 Å². The largest absolute Gasteiger partial charge is 0.481 e. The molecule has 96 valence electrons. The Morgan fingerprint density at radius 1 is 1.59 bits per heavy atom. The zero-order valence-corrected chi connectivity index (χ0v) is 10.7. The van der Waals surface area contributed by atoms with Crippen LogP contribution in [0.2, 0.25) is 0 Å². The van der Waals surface area contributed by atoms with Crippen LogP contribution in [0.5, 0.6) is 0 Å². The van der Waals surface area contributed by atoms with Gasteiger partial charge in [0.05, 0.1) is 11.3 Å². The molecule has 0 aromatic heterocycles. The number of carboxylic acids is 1.